The number of imide groups is 1. The lowest BCUT2D eigenvalue weighted by molar-refractivity contribution is -0.146. The van der Waals surface area contributed by atoms with Gasteiger partial charge in [0.05, 0.1) is 11.8 Å². The Bertz CT molecular complexity index is 1160. The van der Waals surface area contributed by atoms with Gasteiger partial charge in [-0.3, -0.25) is 19.3 Å². The lowest BCUT2D eigenvalue weighted by Crippen LogP contribution is -2.49. The summed E-state index contributed by atoms with van der Waals surface area (Å²) in [5.74, 6) is -0.0891. The van der Waals surface area contributed by atoms with Gasteiger partial charge in [-0.2, -0.15) is 0 Å². The molecule has 0 spiro atoms. The fourth-order valence-corrected chi connectivity index (χ4v) is 6.54. The lowest BCUT2D eigenvalue weighted by atomic mass is 9.63. The summed E-state index contributed by atoms with van der Waals surface area (Å²) in [7, 11) is 0. The number of carbonyl (C=O) groups excluding carboxylic acids is 3. The van der Waals surface area contributed by atoms with E-state index in [1.54, 1.807) is 12.1 Å². The van der Waals surface area contributed by atoms with Crippen molar-refractivity contribution in [2.75, 3.05) is 5.32 Å². The number of allylic oxidation sites excluding steroid dienone is 2. The van der Waals surface area contributed by atoms with Crippen LogP contribution in [0.4, 0.5) is 5.69 Å². The summed E-state index contributed by atoms with van der Waals surface area (Å²) >= 11 is 6.15. The highest BCUT2D eigenvalue weighted by Crippen LogP contribution is 2.65. The van der Waals surface area contributed by atoms with Crippen LogP contribution < -0.4 is 5.32 Å². The van der Waals surface area contributed by atoms with E-state index >= 15 is 0 Å². The molecule has 1 heterocycles. The van der Waals surface area contributed by atoms with Crippen molar-refractivity contribution >= 4 is 35.0 Å². The summed E-state index contributed by atoms with van der Waals surface area (Å²) in [5, 5.41) is 3.45. The SMILES string of the molecule is Cc1ccc(Cl)cc1NC(=O)[C@H](Cc1ccccc1)N1C(=O)[C@@H]2[C@H]3C=C[C@@H]([C@@H]4C[C@H]34)[C@@H]2C1=O. The first-order valence-corrected chi connectivity index (χ1v) is 12.0. The molecule has 2 aromatic carbocycles. The molecule has 0 aromatic heterocycles. The quantitative estimate of drug-likeness (QED) is 0.535. The van der Waals surface area contributed by atoms with Gasteiger partial charge in [0.25, 0.3) is 0 Å². The zero-order chi connectivity index (χ0) is 22.9. The molecule has 1 aliphatic heterocycles. The molecule has 3 fully saturated rings. The van der Waals surface area contributed by atoms with Crippen LogP contribution in [-0.2, 0) is 20.8 Å². The minimum Gasteiger partial charge on any atom is -0.324 e. The molecule has 6 heteroatoms. The van der Waals surface area contributed by atoms with Crippen LogP contribution in [0.1, 0.15) is 17.5 Å². The largest absolute Gasteiger partial charge is 0.324 e. The van der Waals surface area contributed by atoms with Crippen LogP contribution in [0.3, 0.4) is 0 Å². The van der Waals surface area contributed by atoms with E-state index in [9.17, 15) is 14.4 Å². The molecular weight excluding hydrogens is 436 g/mol. The maximum Gasteiger partial charge on any atom is 0.248 e. The first kappa shape index (κ1) is 20.7. The van der Waals surface area contributed by atoms with E-state index < -0.39 is 6.04 Å². The van der Waals surface area contributed by atoms with Crippen molar-refractivity contribution in [3.63, 3.8) is 0 Å². The highest BCUT2D eigenvalue weighted by Gasteiger charge is 2.67. The van der Waals surface area contributed by atoms with Crippen LogP contribution in [0.2, 0.25) is 5.02 Å². The molecule has 3 amide bonds. The molecule has 2 aromatic rings. The molecule has 1 N–H and O–H groups in total. The van der Waals surface area contributed by atoms with E-state index in [1.807, 2.05) is 43.3 Å². The van der Waals surface area contributed by atoms with Gasteiger partial charge in [-0.15, -0.1) is 0 Å². The molecule has 2 bridgehead atoms. The number of hydrogen-bond donors (Lipinski definition) is 1. The van der Waals surface area contributed by atoms with E-state index in [0.717, 1.165) is 17.5 Å². The molecular formula is C27H25ClN2O3. The Balaban J connectivity index is 1.34. The maximum absolute atomic E-state index is 13.7. The number of halogens is 1. The second kappa shape index (κ2) is 7.56. The van der Waals surface area contributed by atoms with E-state index in [4.69, 9.17) is 11.6 Å². The smallest absolute Gasteiger partial charge is 0.248 e. The maximum atomic E-state index is 13.7. The van der Waals surface area contributed by atoms with Crippen molar-refractivity contribution < 1.29 is 14.4 Å². The summed E-state index contributed by atoms with van der Waals surface area (Å²) < 4.78 is 0. The van der Waals surface area contributed by atoms with Crippen LogP contribution in [0, 0.1) is 42.4 Å². The Kier molecular flexibility index (Phi) is 4.73. The number of nitrogens with zero attached hydrogens (tertiary/aromatic N) is 1. The van der Waals surface area contributed by atoms with Crippen LogP contribution in [0.25, 0.3) is 0 Å². The summed E-state index contributed by atoms with van der Waals surface area (Å²) in [5.41, 5.74) is 2.35. The van der Waals surface area contributed by atoms with Gasteiger partial charge in [0.15, 0.2) is 0 Å². The zero-order valence-corrected chi connectivity index (χ0v) is 19.0. The van der Waals surface area contributed by atoms with Crippen LogP contribution in [-0.4, -0.2) is 28.7 Å². The number of nitrogens with one attached hydrogen (secondary N) is 1. The normalized spacial score (nSPS) is 31.9. The number of aryl methyl sites for hydroxylation is 1. The lowest BCUT2D eigenvalue weighted by Gasteiger charge is -2.37. The van der Waals surface area contributed by atoms with E-state index in [0.29, 0.717) is 22.5 Å². The number of hydrogen-bond acceptors (Lipinski definition) is 3. The molecule has 5 aliphatic rings. The third-order valence-corrected chi connectivity index (χ3v) is 8.28. The van der Waals surface area contributed by atoms with Crippen LogP contribution in [0.15, 0.2) is 60.7 Å². The molecule has 0 unspecified atom stereocenters. The third-order valence-electron chi connectivity index (χ3n) is 8.04. The van der Waals surface area contributed by atoms with Crippen molar-refractivity contribution in [3.05, 3.63) is 76.8 Å². The summed E-state index contributed by atoms with van der Waals surface area (Å²) in [6, 6.07) is 13.9. The van der Waals surface area contributed by atoms with Crippen LogP contribution >= 0.6 is 11.6 Å². The highest BCUT2D eigenvalue weighted by molar-refractivity contribution is 6.31. The first-order valence-electron chi connectivity index (χ1n) is 11.6. The van der Waals surface area contributed by atoms with E-state index in [-0.39, 0.29) is 47.8 Å². The first-order chi connectivity index (χ1) is 15.9. The van der Waals surface area contributed by atoms with Gasteiger partial charge in [-0.25, -0.2) is 0 Å². The average Bonchev–Trinajstić information content (AvgIpc) is 3.59. The van der Waals surface area contributed by atoms with Gasteiger partial charge >= 0.3 is 0 Å². The number of carbonyl (C=O) groups is 3. The predicted octanol–water partition coefficient (Wildman–Crippen LogP) is 4.25. The molecule has 4 aliphatic carbocycles. The molecule has 33 heavy (non-hydrogen) atoms. The number of benzene rings is 2. The number of anilines is 1. The Hall–Kier alpha value is -2.92. The van der Waals surface area contributed by atoms with Gasteiger partial charge in [-0.1, -0.05) is 60.2 Å². The predicted molar refractivity (Wildman–Crippen MR) is 125 cm³/mol. The van der Waals surface area contributed by atoms with Crippen molar-refractivity contribution in [2.24, 2.45) is 35.5 Å². The summed E-state index contributed by atoms with van der Waals surface area (Å²) in [4.78, 5) is 42.3. The molecule has 7 atom stereocenters. The highest BCUT2D eigenvalue weighted by atomic mass is 35.5. The number of amides is 3. The Morgan fingerprint density at radius 2 is 1.67 bits per heavy atom. The monoisotopic (exact) mass is 460 g/mol. The molecule has 2 saturated carbocycles. The number of rotatable bonds is 5. The molecule has 7 rings (SSSR count). The van der Waals surface area contributed by atoms with Crippen molar-refractivity contribution in [1.82, 2.24) is 4.90 Å². The van der Waals surface area contributed by atoms with Crippen LogP contribution in [0.5, 0.6) is 0 Å². The van der Waals surface area contributed by atoms with E-state index in [1.165, 1.54) is 4.90 Å². The van der Waals surface area contributed by atoms with Gasteiger partial charge < -0.3 is 5.32 Å². The second-order valence-corrected chi connectivity index (χ2v) is 10.3. The topological polar surface area (TPSA) is 66.5 Å². The Labute approximate surface area is 197 Å². The molecule has 0 radical (unpaired) electrons. The third kappa shape index (κ3) is 3.24. The van der Waals surface area contributed by atoms with Gasteiger partial charge in [0.2, 0.25) is 17.7 Å². The van der Waals surface area contributed by atoms with Gasteiger partial charge in [0, 0.05) is 17.1 Å². The minimum absolute atomic E-state index is 0.127. The second-order valence-electron chi connectivity index (χ2n) is 9.86. The Morgan fingerprint density at radius 1 is 1.03 bits per heavy atom. The van der Waals surface area contributed by atoms with Crippen molar-refractivity contribution in [1.29, 1.82) is 0 Å². The van der Waals surface area contributed by atoms with E-state index in [2.05, 4.69) is 17.5 Å². The zero-order valence-electron chi connectivity index (χ0n) is 18.3. The molecule has 168 valence electrons. The van der Waals surface area contributed by atoms with Gasteiger partial charge in [0.1, 0.15) is 6.04 Å². The number of likely N-dealkylation sites (tertiary alicyclic amines) is 1. The Morgan fingerprint density at radius 3 is 2.30 bits per heavy atom. The summed E-state index contributed by atoms with van der Waals surface area (Å²) in [6.45, 7) is 1.88. The minimum atomic E-state index is -0.910. The fraction of sp³-hybridized carbons (Fsp3) is 0.370. The molecule has 5 nitrogen and oxygen atoms in total. The summed E-state index contributed by atoms with van der Waals surface area (Å²) in [6.07, 6.45) is 5.68. The van der Waals surface area contributed by atoms with Crippen molar-refractivity contribution in [2.45, 2.75) is 25.8 Å². The fourth-order valence-electron chi connectivity index (χ4n) is 6.37. The average molecular weight is 461 g/mol. The standard InChI is InChI=1S/C27H25ClN2O3/c1-14-7-8-16(28)12-21(14)29-25(31)22(11-15-5-3-2-4-6-15)30-26(32)23-17-9-10-18(20-13-19(17)20)24(23)27(30)33/h2-10,12,17-20,22-24H,11,13H2,1H3,(H,29,31)/t17-,18-,19-,20+,22-,23-,24+/m0/s1. The van der Waals surface area contributed by atoms with Gasteiger partial charge in [-0.05, 0) is 60.3 Å². The van der Waals surface area contributed by atoms with Crippen molar-refractivity contribution in [3.8, 4) is 0 Å². The molecule has 1 saturated heterocycles.